The molecular weight excluding hydrogens is 2200 g/mol. The van der Waals surface area contributed by atoms with E-state index in [1.165, 1.54) is 70.3 Å². The molecule has 11 aromatic carbocycles. The molecule has 0 aliphatic carbocycles. The van der Waals surface area contributed by atoms with Crippen molar-refractivity contribution in [1.29, 1.82) is 0 Å². The van der Waals surface area contributed by atoms with Gasteiger partial charge in [0.1, 0.15) is 0 Å². The predicted molar refractivity (Wildman–Crippen MR) is 404 cm³/mol. The molecule has 0 saturated carbocycles. The van der Waals surface area contributed by atoms with Gasteiger partial charge in [-0.25, -0.2) is 9.97 Å². The number of aromatic nitrogens is 15. The van der Waals surface area contributed by atoms with Crippen LogP contribution in [0.15, 0.2) is 281 Å². The van der Waals surface area contributed by atoms with E-state index in [4.69, 9.17) is 9.97 Å². The van der Waals surface area contributed by atoms with Crippen molar-refractivity contribution in [2.24, 2.45) is 0 Å². The summed E-state index contributed by atoms with van der Waals surface area (Å²) in [7, 11) is 0. The molecule has 14 heterocycles. The van der Waals surface area contributed by atoms with Crippen molar-refractivity contribution in [2.45, 2.75) is 0 Å². The van der Waals surface area contributed by atoms with E-state index in [1.807, 2.05) is 105 Å². The first kappa shape index (κ1) is 69.4. The van der Waals surface area contributed by atoms with Gasteiger partial charge in [0, 0.05) is 190 Å². The van der Waals surface area contributed by atoms with Crippen molar-refractivity contribution in [1.82, 2.24) is 71.8 Å². The van der Waals surface area contributed by atoms with E-state index in [1.54, 1.807) is 43.4 Å². The Morgan fingerprint density at radius 3 is 1.79 bits per heavy atom. The Morgan fingerprint density at radius 1 is 0.302 bits per heavy atom. The quantitative estimate of drug-likeness (QED) is 0.0815. The fourth-order valence-corrected chi connectivity index (χ4v) is 14.9. The first-order valence-corrected chi connectivity index (χ1v) is 33.0. The molecule has 0 aliphatic heterocycles. The molecule has 0 N–H and O–H groups in total. The van der Waals surface area contributed by atoms with Crippen molar-refractivity contribution < 1.29 is 101 Å². The molecule has 0 spiro atoms. The third-order valence-corrected chi connectivity index (χ3v) is 19.4. The number of hydrogen-bond donors (Lipinski definition) is 0. The van der Waals surface area contributed by atoms with E-state index in [0.717, 1.165) is 115 Å². The second-order valence-electron chi connectivity index (χ2n) is 24.9. The number of pyridine rings is 7. The normalized spacial score (nSPS) is 11.4. The van der Waals surface area contributed by atoms with Gasteiger partial charge < -0.3 is 27.0 Å². The number of nitrogens with zero attached hydrogens (tertiary/aromatic N) is 15. The Bertz CT molecular complexity index is 7620. The molecule has 0 fully saturated rings. The van der Waals surface area contributed by atoms with Crippen LogP contribution in [-0.2, 0) is 101 Å². The van der Waals surface area contributed by atoms with Crippen LogP contribution in [0.2, 0.25) is 0 Å². The molecule has 5 radical (unpaired) electrons. The van der Waals surface area contributed by atoms with E-state index >= 15 is 0 Å². The Balaban J connectivity index is 0.000000101. The molecule has 25 aromatic rings. The number of hydrogen-bond acceptors (Lipinski definition) is 10. The van der Waals surface area contributed by atoms with Crippen molar-refractivity contribution in [3.63, 3.8) is 0 Å². The SMILES string of the molecule is [Ir].[Ir].[Ir].[Ir].[Ir].[c-]1c2cccnc2cc2ccn3ccnc3c12.[c-]1cc2ccccc2c2ccn3c4nccnc4nc3c12.[c-]1cc2nccnc2c2ccn3ccnc3c12.[c-]1ccc2c3ccccc3c3cn4c5ccccc5nc4c1c23.[c-]1cccc2cc3c4ccccc4c4cccc5nc(c12)n3c54. The second kappa shape index (κ2) is 28.2. The van der Waals surface area contributed by atoms with E-state index in [9.17, 15) is 0 Å². The third kappa shape index (κ3) is 11.1. The maximum absolute atomic E-state index is 4.92. The molecule has 515 valence electrons. The average Bonchev–Trinajstić information content (AvgIpc) is 1.52. The van der Waals surface area contributed by atoms with Crippen molar-refractivity contribution >= 4 is 191 Å². The van der Waals surface area contributed by atoms with Crippen molar-refractivity contribution in [3.05, 3.63) is 311 Å². The first-order chi connectivity index (χ1) is 50.1. The topological polar surface area (TPSA) is 151 Å². The largest absolute Gasteiger partial charge is 0.347 e. The summed E-state index contributed by atoms with van der Waals surface area (Å²) in [5.41, 5.74) is 14.4. The molecule has 20 heteroatoms. The van der Waals surface area contributed by atoms with Gasteiger partial charge in [0.05, 0.1) is 50.3 Å². The molecule has 0 amide bonds. The van der Waals surface area contributed by atoms with Crippen LogP contribution in [0.25, 0.3) is 191 Å². The summed E-state index contributed by atoms with van der Waals surface area (Å²) in [4.78, 5) is 44.7. The summed E-state index contributed by atoms with van der Waals surface area (Å²) in [6.45, 7) is 0. The van der Waals surface area contributed by atoms with Crippen LogP contribution < -0.4 is 0 Å². The fourth-order valence-electron chi connectivity index (χ4n) is 14.9. The standard InChI is InChI=1S/2C21H11N2.C17H9N4.C14H8N3.C13H7N4.5Ir/c1-2-7-14-13(6-1)15-8-5-9-16-20(15)17(14)12-23-19-11-4-3-10-18(19)22-21(16)23;1-2-7-14-13(6-1)12-19-16-9-4-3-8-15(16)17-10-5-11-18-20(17)23(19)21(14)22-18;1-2-4-12-11(3-1)5-6-14-13(12)7-10-21-16(14)20-15-17(21)19-9-8-18-15;1-2-11-8-12-10(9-13(11)15-4-1)3-6-17-7-5-16-14(12)17;1-2-11-12(15-5-4-14-11)9-3-7-17-8-6-16-13(17)10(1)9;;;;;/h1-8,10-12H;1-6,8-12H;1-5,7-10H;1-7,9H;2-8H;;;;;/q5*-1;;;;;. The summed E-state index contributed by atoms with van der Waals surface area (Å²) in [6.07, 6.45) is 24.2. The molecule has 15 nitrogen and oxygen atoms in total. The number of para-hydroxylation sites is 3. The number of rotatable bonds is 0. The summed E-state index contributed by atoms with van der Waals surface area (Å²) >= 11 is 0. The zero-order chi connectivity index (χ0) is 66.2. The van der Waals surface area contributed by atoms with E-state index in [2.05, 4.69) is 225 Å². The maximum atomic E-state index is 4.92. The van der Waals surface area contributed by atoms with Gasteiger partial charge in [-0.1, -0.05) is 193 Å². The van der Waals surface area contributed by atoms with Crippen molar-refractivity contribution in [3.8, 4) is 0 Å². The van der Waals surface area contributed by atoms with Crippen LogP contribution in [0.1, 0.15) is 0 Å². The zero-order valence-corrected chi connectivity index (χ0v) is 66.9. The van der Waals surface area contributed by atoms with Crippen LogP contribution in [0.4, 0.5) is 0 Å². The fraction of sp³-hybridized carbons (Fsp3) is 0. The van der Waals surface area contributed by atoms with Gasteiger partial charge in [-0.2, -0.15) is 0 Å². The molecule has 0 saturated heterocycles. The summed E-state index contributed by atoms with van der Waals surface area (Å²) in [6, 6.07) is 85.7. The molecular formula is C86H46Ir5N15-5. The summed E-state index contributed by atoms with van der Waals surface area (Å²) in [5.74, 6) is 0. The Hall–Kier alpha value is -10.9. The van der Waals surface area contributed by atoms with Gasteiger partial charge in [-0.05, 0) is 63.9 Å². The molecule has 0 unspecified atom stereocenters. The molecule has 0 aliphatic rings. The van der Waals surface area contributed by atoms with E-state index in [-0.39, 0.29) is 101 Å². The molecule has 25 rings (SSSR count). The Labute approximate surface area is 668 Å². The van der Waals surface area contributed by atoms with Gasteiger partial charge in [-0.3, -0.25) is 34.9 Å². The van der Waals surface area contributed by atoms with Gasteiger partial charge in [0.25, 0.3) is 0 Å². The van der Waals surface area contributed by atoms with Gasteiger partial charge in [-0.15, -0.1) is 95.0 Å². The molecule has 0 bridgehead atoms. The second-order valence-corrected chi connectivity index (χ2v) is 24.9. The van der Waals surface area contributed by atoms with E-state index < -0.39 is 0 Å². The van der Waals surface area contributed by atoms with Gasteiger partial charge in [0.2, 0.25) is 0 Å². The number of imidazole rings is 5. The number of benzene rings is 10. The van der Waals surface area contributed by atoms with Crippen LogP contribution in [-0.4, -0.2) is 71.8 Å². The minimum absolute atomic E-state index is 0. The van der Waals surface area contributed by atoms with Crippen LogP contribution >= 0.6 is 0 Å². The van der Waals surface area contributed by atoms with Gasteiger partial charge in [0.15, 0.2) is 11.3 Å². The first-order valence-electron chi connectivity index (χ1n) is 33.0. The summed E-state index contributed by atoms with van der Waals surface area (Å²) in [5, 5.41) is 23.4. The third-order valence-electron chi connectivity index (χ3n) is 19.4. The van der Waals surface area contributed by atoms with Crippen LogP contribution in [0.5, 0.6) is 0 Å². The average molecular weight is 2250 g/mol. The van der Waals surface area contributed by atoms with Crippen molar-refractivity contribution in [2.75, 3.05) is 0 Å². The Morgan fingerprint density at radius 2 is 0.934 bits per heavy atom. The number of fused-ring (bicyclic) bond motifs is 28. The predicted octanol–water partition coefficient (Wildman–Crippen LogP) is 18.8. The zero-order valence-electron chi connectivity index (χ0n) is 54.9. The van der Waals surface area contributed by atoms with E-state index in [0.29, 0.717) is 5.65 Å². The minimum Gasteiger partial charge on any atom is -0.347 e. The van der Waals surface area contributed by atoms with Crippen LogP contribution in [0, 0.1) is 30.3 Å². The molecule has 106 heavy (non-hydrogen) atoms. The molecule has 14 aromatic heterocycles. The summed E-state index contributed by atoms with van der Waals surface area (Å²) < 4.78 is 10.4. The maximum Gasteiger partial charge on any atom is 0.188 e. The smallest absolute Gasteiger partial charge is 0.188 e. The van der Waals surface area contributed by atoms with Crippen LogP contribution in [0.3, 0.4) is 0 Å². The Kier molecular flexibility index (Phi) is 18.5. The minimum atomic E-state index is 0. The molecule has 0 atom stereocenters. The van der Waals surface area contributed by atoms with Gasteiger partial charge >= 0.3 is 0 Å². The monoisotopic (exact) mass is 2250 g/mol.